The van der Waals surface area contributed by atoms with Gasteiger partial charge in [-0.2, -0.15) is 0 Å². The number of aliphatic hydroxyl groups is 1. The van der Waals surface area contributed by atoms with E-state index in [9.17, 15) is 4.79 Å². The van der Waals surface area contributed by atoms with Crippen LogP contribution in [0, 0.1) is 0 Å². The van der Waals surface area contributed by atoms with E-state index in [-0.39, 0.29) is 23.6 Å². The van der Waals surface area contributed by atoms with E-state index in [1.54, 1.807) is 36.4 Å². The predicted octanol–water partition coefficient (Wildman–Crippen LogP) is 2.25. The van der Waals surface area contributed by atoms with E-state index in [1.165, 1.54) is 6.07 Å². The summed E-state index contributed by atoms with van der Waals surface area (Å²) in [6, 6.07) is 11.2. The van der Waals surface area contributed by atoms with Gasteiger partial charge in [-0.05, 0) is 29.8 Å². The lowest BCUT2D eigenvalue weighted by Crippen LogP contribution is -2.02. The zero-order valence-corrected chi connectivity index (χ0v) is 10.0. The summed E-state index contributed by atoms with van der Waals surface area (Å²) in [5.74, 6) is -0.529. The predicted molar refractivity (Wildman–Crippen MR) is 70.3 cm³/mol. The second-order valence-corrected chi connectivity index (χ2v) is 3.93. The third kappa shape index (κ3) is 2.83. The summed E-state index contributed by atoms with van der Waals surface area (Å²) in [5, 5.41) is 18.0. The van der Waals surface area contributed by atoms with Gasteiger partial charge in [-0.25, -0.2) is 4.79 Å². The van der Waals surface area contributed by atoms with E-state index in [0.717, 1.165) is 5.56 Å². The molecule has 98 valence electrons. The third-order valence-electron chi connectivity index (χ3n) is 2.60. The van der Waals surface area contributed by atoms with Gasteiger partial charge >= 0.3 is 5.97 Å². The molecule has 0 amide bonds. The number of para-hydroxylation sites is 1. The first-order valence-corrected chi connectivity index (χ1v) is 5.61. The molecule has 0 radical (unpaired) electrons. The molecule has 0 spiro atoms. The number of ether oxygens (including phenoxy) is 1. The molecule has 0 aliphatic rings. The summed E-state index contributed by atoms with van der Waals surface area (Å²) in [4.78, 5) is 11.1. The minimum absolute atomic E-state index is 0.00577. The molecule has 0 unspecified atom stereocenters. The van der Waals surface area contributed by atoms with E-state index < -0.39 is 5.97 Å². The maximum absolute atomic E-state index is 11.1. The number of benzene rings is 2. The molecule has 2 rings (SSSR count). The number of rotatable bonds is 4. The van der Waals surface area contributed by atoms with Crippen molar-refractivity contribution in [1.29, 1.82) is 0 Å². The van der Waals surface area contributed by atoms with Crippen LogP contribution in [0.2, 0.25) is 0 Å². The largest absolute Gasteiger partial charge is 0.478 e. The van der Waals surface area contributed by atoms with Gasteiger partial charge in [-0.3, -0.25) is 0 Å². The number of carbonyl (C=O) groups is 1. The Balaban J connectivity index is 2.34. The fraction of sp³-hybridized carbons (Fsp3) is 0.0714. The SMILES string of the molecule is Nc1cccc(C(=O)O)c1Oc1ccc(CO)cc1. The maximum atomic E-state index is 11.1. The van der Waals surface area contributed by atoms with Gasteiger partial charge in [0, 0.05) is 0 Å². The monoisotopic (exact) mass is 259 g/mol. The van der Waals surface area contributed by atoms with Gasteiger partial charge in [0.05, 0.1) is 12.3 Å². The second-order valence-electron chi connectivity index (χ2n) is 3.93. The molecule has 0 aliphatic heterocycles. The van der Waals surface area contributed by atoms with E-state index in [1.807, 2.05) is 0 Å². The lowest BCUT2D eigenvalue weighted by molar-refractivity contribution is 0.0694. The number of anilines is 1. The molecule has 4 N–H and O–H groups in total. The molecule has 0 fully saturated rings. The van der Waals surface area contributed by atoms with Crippen LogP contribution in [-0.2, 0) is 6.61 Å². The van der Waals surface area contributed by atoms with E-state index in [4.69, 9.17) is 20.7 Å². The van der Waals surface area contributed by atoms with Gasteiger partial charge in [-0.15, -0.1) is 0 Å². The molecule has 2 aromatic carbocycles. The molecule has 0 saturated heterocycles. The number of hydrogen-bond acceptors (Lipinski definition) is 4. The Bertz CT molecular complexity index is 593. The number of carboxylic acid groups (broad SMARTS) is 1. The van der Waals surface area contributed by atoms with Crippen LogP contribution < -0.4 is 10.5 Å². The van der Waals surface area contributed by atoms with Crippen LogP contribution in [0.4, 0.5) is 5.69 Å². The Labute approximate surface area is 109 Å². The van der Waals surface area contributed by atoms with Crippen LogP contribution in [0.3, 0.4) is 0 Å². The number of carboxylic acids is 1. The molecule has 0 saturated carbocycles. The summed E-state index contributed by atoms with van der Waals surface area (Å²) >= 11 is 0. The number of aromatic carboxylic acids is 1. The van der Waals surface area contributed by atoms with Crippen molar-refractivity contribution in [3.8, 4) is 11.5 Å². The number of nitrogen functional groups attached to an aromatic ring is 1. The van der Waals surface area contributed by atoms with E-state index >= 15 is 0 Å². The molecule has 5 nitrogen and oxygen atoms in total. The molecule has 2 aromatic rings. The van der Waals surface area contributed by atoms with Crippen molar-refractivity contribution < 1.29 is 19.7 Å². The Morgan fingerprint density at radius 2 is 1.84 bits per heavy atom. The topological polar surface area (TPSA) is 92.8 Å². The highest BCUT2D eigenvalue weighted by atomic mass is 16.5. The smallest absolute Gasteiger partial charge is 0.339 e. The van der Waals surface area contributed by atoms with Crippen molar-refractivity contribution >= 4 is 11.7 Å². The number of hydrogen-bond donors (Lipinski definition) is 3. The van der Waals surface area contributed by atoms with Gasteiger partial charge in [-0.1, -0.05) is 18.2 Å². The molecule has 0 heterocycles. The third-order valence-corrected chi connectivity index (χ3v) is 2.60. The summed E-state index contributed by atoms with van der Waals surface area (Å²) in [6.45, 7) is -0.0614. The number of nitrogens with two attached hydrogens (primary N) is 1. The Kier molecular flexibility index (Phi) is 3.68. The van der Waals surface area contributed by atoms with Gasteiger partial charge in [0.2, 0.25) is 0 Å². The maximum Gasteiger partial charge on any atom is 0.339 e. The summed E-state index contributed by atoms with van der Waals surface area (Å²) in [5.41, 5.74) is 6.74. The minimum atomic E-state index is -1.10. The average molecular weight is 259 g/mol. The quantitative estimate of drug-likeness (QED) is 0.732. The standard InChI is InChI=1S/C14H13NO4/c15-12-3-1-2-11(14(17)18)13(12)19-10-6-4-9(8-16)5-7-10/h1-7,16H,8,15H2,(H,17,18). The first kappa shape index (κ1) is 12.9. The first-order chi connectivity index (χ1) is 9.11. The molecule has 0 aliphatic carbocycles. The van der Waals surface area contributed by atoms with Crippen LogP contribution in [0.15, 0.2) is 42.5 Å². The normalized spacial score (nSPS) is 10.2. The Morgan fingerprint density at radius 1 is 1.16 bits per heavy atom. The zero-order valence-electron chi connectivity index (χ0n) is 10.0. The highest BCUT2D eigenvalue weighted by molar-refractivity contribution is 5.93. The van der Waals surface area contributed by atoms with Crippen LogP contribution in [0.5, 0.6) is 11.5 Å². The summed E-state index contributed by atoms with van der Waals surface area (Å²) in [7, 11) is 0. The molecule has 0 aromatic heterocycles. The molecular weight excluding hydrogens is 246 g/mol. The van der Waals surface area contributed by atoms with E-state index in [0.29, 0.717) is 5.75 Å². The molecule has 19 heavy (non-hydrogen) atoms. The van der Waals surface area contributed by atoms with Crippen LogP contribution in [-0.4, -0.2) is 16.2 Å². The van der Waals surface area contributed by atoms with Crippen molar-refractivity contribution in [3.05, 3.63) is 53.6 Å². The van der Waals surface area contributed by atoms with Crippen molar-refractivity contribution in [2.45, 2.75) is 6.61 Å². The van der Waals surface area contributed by atoms with Gasteiger partial charge in [0.1, 0.15) is 11.3 Å². The molecule has 5 heteroatoms. The Hall–Kier alpha value is -2.53. The molecule has 0 atom stereocenters. The summed E-state index contributed by atoms with van der Waals surface area (Å²) in [6.07, 6.45) is 0. The highest BCUT2D eigenvalue weighted by Crippen LogP contribution is 2.31. The van der Waals surface area contributed by atoms with Gasteiger partial charge in [0.25, 0.3) is 0 Å². The van der Waals surface area contributed by atoms with Gasteiger partial charge < -0.3 is 20.7 Å². The van der Waals surface area contributed by atoms with Gasteiger partial charge in [0.15, 0.2) is 5.75 Å². The second kappa shape index (κ2) is 5.41. The fourth-order valence-electron chi connectivity index (χ4n) is 1.62. The Morgan fingerprint density at radius 3 is 2.42 bits per heavy atom. The first-order valence-electron chi connectivity index (χ1n) is 5.61. The number of aliphatic hydroxyl groups excluding tert-OH is 1. The van der Waals surface area contributed by atoms with Crippen molar-refractivity contribution in [2.75, 3.05) is 5.73 Å². The average Bonchev–Trinajstić information content (AvgIpc) is 2.41. The van der Waals surface area contributed by atoms with Crippen molar-refractivity contribution in [1.82, 2.24) is 0 Å². The lowest BCUT2D eigenvalue weighted by atomic mass is 10.1. The minimum Gasteiger partial charge on any atom is -0.478 e. The van der Waals surface area contributed by atoms with Crippen molar-refractivity contribution in [3.63, 3.8) is 0 Å². The van der Waals surface area contributed by atoms with E-state index in [2.05, 4.69) is 0 Å². The van der Waals surface area contributed by atoms with Crippen LogP contribution in [0.1, 0.15) is 15.9 Å². The molecule has 0 bridgehead atoms. The molecular formula is C14H13NO4. The highest BCUT2D eigenvalue weighted by Gasteiger charge is 2.14. The van der Waals surface area contributed by atoms with Crippen molar-refractivity contribution in [2.24, 2.45) is 0 Å². The van der Waals surface area contributed by atoms with Crippen LogP contribution in [0.25, 0.3) is 0 Å². The van der Waals surface area contributed by atoms with Crippen LogP contribution >= 0.6 is 0 Å². The fourth-order valence-corrected chi connectivity index (χ4v) is 1.62. The zero-order chi connectivity index (χ0) is 13.8. The lowest BCUT2D eigenvalue weighted by Gasteiger charge is -2.11. The summed E-state index contributed by atoms with van der Waals surface area (Å²) < 4.78 is 5.51.